The largest absolute Gasteiger partial charge is 0.336 e. The van der Waals surface area contributed by atoms with E-state index in [1.165, 1.54) is 22.9 Å². The van der Waals surface area contributed by atoms with Crippen molar-refractivity contribution in [2.24, 2.45) is 0 Å². The maximum atomic E-state index is 12.3. The number of imidazole rings is 1. The van der Waals surface area contributed by atoms with Gasteiger partial charge in [0.2, 0.25) is 11.8 Å². The quantitative estimate of drug-likeness (QED) is 0.617. The van der Waals surface area contributed by atoms with Gasteiger partial charge in [-0.3, -0.25) is 9.59 Å². The molecule has 0 bridgehead atoms. The van der Waals surface area contributed by atoms with Crippen molar-refractivity contribution in [3.05, 3.63) is 47.1 Å². The monoisotopic (exact) mass is 403 g/mol. The molecule has 0 aliphatic heterocycles. The molecule has 0 fully saturated rings. The molecule has 3 aromatic rings. The van der Waals surface area contributed by atoms with E-state index >= 15 is 0 Å². The second kappa shape index (κ2) is 8.41. The SMILES string of the molecule is Cc1ccc(NC(=O)CN(C)C(=O)CSc2nc3ncc(Cl)cc3[nH]2)cc1. The average molecular weight is 404 g/mol. The number of aryl methyl sites for hydroxylation is 1. The summed E-state index contributed by atoms with van der Waals surface area (Å²) in [5, 5.41) is 3.86. The Bertz CT molecular complexity index is 974. The van der Waals surface area contributed by atoms with E-state index in [0.29, 0.717) is 27.0 Å². The molecule has 3 rings (SSSR count). The predicted octanol–water partition coefficient (Wildman–Crippen LogP) is 3.11. The van der Waals surface area contributed by atoms with E-state index in [-0.39, 0.29) is 24.1 Å². The Balaban J connectivity index is 1.50. The molecule has 0 unspecified atom stereocenters. The Kier molecular flexibility index (Phi) is 5.98. The van der Waals surface area contributed by atoms with E-state index < -0.39 is 0 Å². The molecule has 140 valence electrons. The topological polar surface area (TPSA) is 91.0 Å². The van der Waals surface area contributed by atoms with Gasteiger partial charge in [-0.15, -0.1) is 0 Å². The molecule has 27 heavy (non-hydrogen) atoms. The van der Waals surface area contributed by atoms with Gasteiger partial charge in [-0.1, -0.05) is 41.1 Å². The van der Waals surface area contributed by atoms with Gasteiger partial charge in [0.15, 0.2) is 10.8 Å². The summed E-state index contributed by atoms with van der Waals surface area (Å²) in [4.78, 5) is 37.2. The summed E-state index contributed by atoms with van der Waals surface area (Å²) in [6.07, 6.45) is 1.52. The zero-order valence-electron chi connectivity index (χ0n) is 14.8. The molecule has 0 saturated heterocycles. The molecule has 0 aliphatic rings. The Morgan fingerprint density at radius 1 is 1.30 bits per heavy atom. The third kappa shape index (κ3) is 5.21. The fraction of sp³-hybridized carbons (Fsp3) is 0.222. The number of hydrogen-bond acceptors (Lipinski definition) is 5. The summed E-state index contributed by atoms with van der Waals surface area (Å²) in [6.45, 7) is 1.95. The number of halogens is 1. The van der Waals surface area contributed by atoms with Crippen LogP contribution in [0.5, 0.6) is 0 Å². The number of nitrogens with zero attached hydrogens (tertiary/aromatic N) is 3. The second-order valence-corrected chi connectivity index (χ2v) is 7.42. The average Bonchev–Trinajstić information content (AvgIpc) is 3.03. The smallest absolute Gasteiger partial charge is 0.243 e. The molecule has 0 atom stereocenters. The lowest BCUT2D eigenvalue weighted by Crippen LogP contribution is -2.35. The number of hydrogen-bond donors (Lipinski definition) is 2. The van der Waals surface area contributed by atoms with Crippen LogP contribution in [0.15, 0.2) is 41.7 Å². The van der Waals surface area contributed by atoms with Gasteiger partial charge >= 0.3 is 0 Å². The van der Waals surface area contributed by atoms with E-state index in [4.69, 9.17) is 11.6 Å². The number of likely N-dealkylation sites (N-methyl/N-ethyl adjacent to an activating group) is 1. The molecular formula is C18H18ClN5O2S. The number of benzene rings is 1. The van der Waals surface area contributed by atoms with Crippen LogP contribution in [0.4, 0.5) is 5.69 Å². The minimum atomic E-state index is -0.248. The van der Waals surface area contributed by atoms with Gasteiger partial charge in [-0.05, 0) is 25.1 Å². The summed E-state index contributed by atoms with van der Waals surface area (Å²) in [6, 6.07) is 9.21. The number of nitrogens with one attached hydrogen (secondary N) is 2. The van der Waals surface area contributed by atoms with Crippen molar-refractivity contribution in [2.45, 2.75) is 12.1 Å². The fourth-order valence-electron chi connectivity index (χ4n) is 2.30. The molecule has 0 radical (unpaired) electrons. The molecule has 2 aromatic heterocycles. The van der Waals surface area contributed by atoms with Crippen LogP contribution in [0.2, 0.25) is 5.02 Å². The molecule has 7 nitrogen and oxygen atoms in total. The number of carbonyl (C=O) groups excluding carboxylic acids is 2. The molecular weight excluding hydrogens is 386 g/mol. The van der Waals surface area contributed by atoms with Gasteiger partial charge in [0.25, 0.3) is 0 Å². The number of thioether (sulfide) groups is 1. The summed E-state index contributed by atoms with van der Waals surface area (Å²) >= 11 is 7.14. The number of rotatable bonds is 6. The van der Waals surface area contributed by atoms with Crippen LogP contribution in [0, 0.1) is 6.92 Å². The maximum absolute atomic E-state index is 12.3. The molecule has 0 aliphatic carbocycles. The van der Waals surface area contributed by atoms with Crippen molar-refractivity contribution >= 4 is 52.0 Å². The maximum Gasteiger partial charge on any atom is 0.243 e. The zero-order valence-corrected chi connectivity index (χ0v) is 16.4. The van der Waals surface area contributed by atoms with Gasteiger partial charge in [0.05, 0.1) is 22.8 Å². The van der Waals surface area contributed by atoms with Crippen molar-refractivity contribution in [1.82, 2.24) is 19.9 Å². The van der Waals surface area contributed by atoms with Crippen molar-refractivity contribution in [3.63, 3.8) is 0 Å². The van der Waals surface area contributed by atoms with Gasteiger partial charge < -0.3 is 15.2 Å². The lowest BCUT2D eigenvalue weighted by Gasteiger charge is -2.16. The van der Waals surface area contributed by atoms with Crippen LogP contribution < -0.4 is 5.32 Å². The van der Waals surface area contributed by atoms with Crippen LogP contribution in [0.3, 0.4) is 0 Å². The number of H-pyrrole nitrogens is 1. The third-order valence-corrected chi connectivity index (χ3v) is 4.82. The number of amides is 2. The first-order chi connectivity index (χ1) is 12.9. The van der Waals surface area contributed by atoms with Crippen LogP contribution in [-0.4, -0.2) is 51.0 Å². The number of carbonyl (C=O) groups is 2. The van der Waals surface area contributed by atoms with E-state index in [9.17, 15) is 9.59 Å². The lowest BCUT2D eigenvalue weighted by molar-refractivity contribution is -0.131. The highest BCUT2D eigenvalue weighted by atomic mass is 35.5. The zero-order chi connectivity index (χ0) is 19.4. The molecule has 2 N–H and O–H groups in total. The minimum absolute atomic E-state index is 0.0233. The van der Waals surface area contributed by atoms with Crippen molar-refractivity contribution in [3.8, 4) is 0 Å². The van der Waals surface area contributed by atoms with Crippen LogP contribution in [0.25, 0.3) is 11.2 Å². The highest BCUT2D eigenvalue weighted by Gasteiger charge is 2.15. The summed E-state index contributed by atoms with van der Waals surface area (Å²) < 4.78 is 0. The van der Waals surface area contributed by atoms with Crippen LogP contribution in [-0.2, 0) is 9.59 Å². The Hall–Kier alpha value is -2.58. The van der Waals surface area contributed by atoms with Gasteiger partial charge in [0.1, 0.15) is 0 Å². The first-order valence-corrected chi connectivity index (χ1v) is 9.51. The minimum Gasteiger partial charge on any atom is -0.336 e. The van der Waals surface area contributed by atoms with Gasteiger partial charge in [0, 0.05) is 18.9 Å². The predicted molar refractivity (Wildman–Crippen MR) is 107 cm³/mol. The Morgan fingerprint density at radius 2 is 2.04 bits per heavy atom. The second-order valence-electron chi connectivity index (χ2n) is 6.02. The van der Waals surface area contributed by atoms with E-state index in [1.54, 1.807) is 13.1 Å². The normalized spacial score (nSPS) is 10.8. The number of fused-ring (bicyclic) bond motifs is 1. The van der Waals surface area contributed by atoms with Crippen molar-refractivity contribution in [2.75, 3.05) is 24.7 Å². The van der Waals surface area contributed by atoms with Crippen LogP contribution in [0.1, 0.15) is 5.56 Å². The summed E-state index contributed by atoms with van der Waals surface area (Å²) in [7, 11) is 1.59. The van der Waals surface area contributed by atoms with Gasteiger partial charge in [-0.25, -0.2) is 9.97 Å². The molecule has 0 saturated carbocycles. The molecule has 2 heterocycles. The van der Waals surface area contributed by atoms with Crippen LogP contribution >= 0.6 is 23.4 Å². The molecule has 9 heteroatoms. The van der Waals surface area contributed by atoms with Crippen molar-refractivity contribution in [1.29, 1.82) is 0 Å². The first-order valence-electron chi connectivity index (χ1n) is 8.15. The number of pyridine rings is 1. The van der Waals surface area contributed by atoms with Crippen molar-refractivity contribution < 1.29 is 9.59 Å². The highest BCUT2D eigenvalue weighted by molar-refractivity contribution is 7.99. The Labute approximate surface area is 165 Å². The fourth-order valence-corrected chi connectivity index (χ4v) is 3.27. The summed E-state index contributed by atoms with van der Waals surface area (Å²) in [5.41, 5.74) is 3.07. The number of aromatic nitrogens is 3. The number of aromatic amines is 1. The van der Waals surface area contributed by atoms with Gasteiger partial charge in [-0.2, -0.15) is 0 Å². The van der Waals surface area contributed by atoms with E-state index in [2.05, 4.69) is 20.3 Å². The summed E-state index contributed by atoms with van der Waals surface area (Å²) in [5.74, 6) is -0.269. The molecule has 2 amide bonds. The molecule has 1 aromatic carbocycles. The highest BCUT2D eigenvalue weighted by Crippen LogP contribution is 2.20. The van der Waals surface area contributed by atoms with E-state index in [0.717, 1.165) is 5.56 Å². The lowest BCUT2D eigenvalue weighted by atomic mass is 10.2. The van der Waals surface area contributed by atoms with E-state index in [1.807, 2.05) is 31.2 Å². The first kappa shape index (κ1) is 19.2. The third-order valence-electron chi connectivity index (χ3n) is 3.76. The number of anilines is 1. The molecule has 0 spiro atoms. The standard InChI is InChI=1S/C18H18ClN5O2S/c1-11-3-5-13(6-4-11)21-15(25)9-24(2)16(26)10-27-18-22-14-7-12(19)8-20-17(14)23-18/h3-8H,9-10H2,1-2H3,(H,21,25)(H,20,22,23). The Morgan fingerprint density at radius 3 is 2.78 bits per heavy atom.